The van der Waals surface area contributed by atoms with Crippen LogP contribution in [-0.4, -0.2) is 24.3 Å². The molecule has 0 aromatic heterocycles. The fourth-order valence-electron chi connectivity index (χ4n) is 4.26. The van der Waals surface area contributed by atoms with Gasteiger partial charge in [0.25, 0.3) is 0 Å². The zero-order valence-corrected chi connectivity index (χ0v) is 12.4. The number of rotatable bonds is 4. The van der Waals surface area contributed by atoms with Gasteiger partial charge in [-0.05, 0) is 56.8 Å². The summed E-state index contributed by atoms with van der Waals surface area (Å²) in [5.41, 5.74) is -0.455. The molecule has 2 unspecified atom stereocenters. The van der Waals surface area contributed by atoms with Gasteiger partial charge in [-0.2, -0.15) is 0 Å². The smallest absolute Gasteiger partial charge is 0.309 e. The van der Waals surface area contributed by atoms with Gasteiger partial charge in [0.05, 0.1) is 11.5 Å². The molecular weight excluding hydrogens is 240 g/mol. The van der Waals surface area contributed by atoms with Crippen LogP contribution in [0.2, 0.25) is 0 Å². The van der Waals surface area contributed by atoms with Gasteiger partial charge in [0, 0.05) is 7.11 Å². The van der Waals surface area contributed by atoms with E-state index in [4.69, 9.17) is 4.74 Å². The third kappa shape index (κ3) is 2.96. The minimum absolute atomic E-state index is 0.277. The van der Waals surface area contributed by atoms with Crippen LogP contribution in [0.25, 0.3) is 0 Å². The Morgan fingerprint density at radius 1 is 1.26 bits per heavy atom. The maximum absolute atomic E-state index is 11.9. The average Bonchev–Trinajstić information content (AvgIpc) is 2.47. The lowest BCUT2D eigenvalue weighted by Gasteiger charge is -2.45. The van der Waals surface area contributed by atoms with Gasteiger partial charge in [-0.1, -0.05) is 19.8 Å². The van der Waals surface area contributed by atoms with Gasteiger partial charge in [0.2, 0.25) is 0 Å². The number of carbonyl (C=O) groups is 1. The van der Waals surface area contributed by atoms with Gasteiger partial charge in [0.1, 0.15) is 0 Å². The molecule has 0 amide bonds. The number of hydrogen-bond acceptors (Lipinski definition) is 2. The van der Waals surface area contributed by atoms with Crippen molar-refractivity contribution in [3.63, 3.8) is 0 Å². The van der Waals surface area contributed by atoms with Crippen LogP contribution >= 0.6 is 0 Å². The first-order valence-corrected chi connectivity index (χ1v) is 7.88. The van der Waals surface area contributed by atoms with Crippen LogP contribution in [0.4, 0.5) is 0 Å². The van der Waals surface area contributed by atoms with E-state index in [0.717, 1.165) is 57.3 Å². The first-order chi connectivity index (χ1) is 9.12. The molecule has 0 aromatic carbocycles. The average molecular weight is 268 g/mol. The highest BCUT2D eigenvalue weighted by atomic mass is 16.5. The first kappa shape index (κ1) is 14.8. The Bertz CT molecular complexity index is 305. The van der Waals surface area contributed by atoms with Gasteiger partial charge in [-0.15, -0.1) is 0 Å². The van der Waals surface area contributed by atoms with Crippen molar-refractivity contribution < 1.29 is 14.6 Å². The molecule has 0 heterocycles. The minimum atomic E-state index is -0.552. The van der Waals surface area contributed by atoms with Crippen molar-refractivity contribution in [3.8, 4) is 0 Å². The zero-order chi connectivity index (χ0) is 13.9. The molecule has 2 aliphatic rings. The van der Waals surface area contributed by atoms with Crippen LogP contribution in [0.3, 0.4) is 0 Å². The lowest BCUT2D eigenvalue weighted by Crippen LogP contribution is -2.44. The Morgan fingerprint density at radius 2 is 1.95 bits per heavy atom. The minimum Gasteiger partial charge on any atom is -0.481 e. The second kappa shape index (κ2) is 6.25. The molecule has 3 heteroatoms. The molecule has 0 saturated heterocycles. The number of hydrogen-bond donors (Lipinski definition) is 1. The van der Waals surface area contributed by atoms with Crippen LogP contribution < -0.4 is 0 Å². The SMILES string of the molecule is CCC1CCC(C(=O)O)(C2CCCC(OC)C2)CC1. The quantitative estimate of drug-likeness (QED) is 0.842. The van der Waals surface area contributed by atoms with E-state index in [1.165, 1.54) is 6.42 Å². The maximum Gasteiger partial charge on any atom is 0.309 e. The summed E-state index contributed by atoms with van der Waals surface area (Å²) < 4.78 is 5.49. The van der Waals surface area contributed by atoms with Crippen molar-refractivity contribution in [3.05, 3.63) is 0 Å². The number of aliphatic carboxylic acids is 1. The summed E-state index contributed by atoms with van der Waals surface area (Å²) in [7, 11) is 1.76. The maximum atomic E-state index is 11.9. The number of ether oxygens (including phenoxy) is 1. The molecule has 19 heavy (non-hydrogen) atoms. The fourth-order valence-corrected chi connectivity index (χ4v) is 4.26. The lowest BCUT2D eigenvalue weighted by atomic mass is 9.59. The standard InChI is InChI=1S/C16H28O3/c1-3-12-7-9-16(10-8-12,15(17)18)13-5-4-6-14(11-13)19-2/h12-14H,3-11H2,1-2H3,(H,17,18). The third-order valence-electron chi connectivity index (χ3n) is 5.74. The van der Waals surface area contributed by atoms with Crippen LogP contribution in [0, 0.1) is 17.3 Å². The molecule has 1 N–H and O–H groups in total. The van der Waals surface area contributed by atoms with Crippen molar-refractivity contribution in [2.45, 2.75) is 70.8 Å². The van der Waals surface area contributed by atoms with E-state index in [-0.39, 0.29) is 6.10 Å². The second-order valence-electron chi connectivity index (χ2n) is 6.53. The Kier molecular flexibility index (Phi) is 4.88. The molecule has 0 aromatic rings. The molecular formula is C16H28O3. The number of carboxylic acids is 1. The summed E-state index contributed by atoms with van der Waals surface area (Å²) in [5.74, 6) is 0.514. The molecule has 110 valence electrons. The largest absolute Gasteiger partial charge is 0.481 e. The molecule has 2 rings (SSSR count). The number of carboxylic acid groups (broad SMARTS) is 1. The second-order valence-corrected chi connectivity index (χ2v) is 6.53. The summed E-state index contributed by atoms with van der Waals surface area (Å²) in [6.45, 7) is 2.22. The number of methoxy groups -OCH3 is 1. The Balaban J connectivity index is 2.09. The summed E-state index contributed by atoms with van der Waals surface area (Å²) in [5, 5.41) is 9.82. The van der Waals surface area contributed by atoms with Gasteiger partial charge in [0.15, 0.2) is 0 Å². The first-order valence-electron chi connectivity index (χ1n) is 7.88. The molecule has 2 aliphatic carbocycles. The summed E-state index contributed by atoms with van der Waals surface area (Å²) in [6.07, 6.45) is 9.65. The topological polar surface area (TPSA) is 46.5 Å². The Hall–Kier alpha value is -0.570. The predicted molar refractivity (Wildman–Crippen MR) is 75.1 cm³/mol. The van der Waals surface area contributed by atoms with E-state index in [9.17, 15) is 9.90 Å². The van der Waals surface area contributed by atoms with Gasteiger partial charge >= 0.3 is 5.97 Å². The predicted octanol–water partition coefficient (Wildman–Crippen LogP) is 3.86. The van der Waals surface area contributed by atoms with E-state index in [2.05, 4.69) is 6.92 Å². The van der Waals surface area contributed by atoms with Crippen LogP contribution in [0.1, 0.15) is 64.7 Å². The molecule has 2 atom stereocenters. The van der Waals surface area contributed by atoms with Crippen LogP contribution in [-0.2, 0) is 9.53 Å². The Labute approximate surface area is 116 Å². The summed E-state index contributed by atoms with van der Waals surface area (Å²) in [4.78, 5) is 11.9. The van der Waals surface area contributed by atoms with Crippen LogP contribution in [0.5, 0.6) is 0 Å². The molecule has 0 aliphatic heterocycles. The van der Waals surface area contributed by atoms with Crippen molar-refractivity contribution in [1.82, 2.24) is 0 Å². The van der Waals surface area contributed by atoms with Gasteiger partial charge < -0.3 is 9.84 Å². The molecule has 0 bridgehead atoms. The molecule has 0 radical (unpaired) electrons. The molecule has 2 saturated carbocycles. The summed E-state index contributed by atoms with van der Waals surface area (Å²) in [6, 6.07) is 0. The highest BCUT2D eigenvalue weighted by molar-refractivity contribution is 5.75. The monoisotopic (exact) mass is 268 g/mol. The fraction of sp³-hybridized carbons (Fsp3) is 0.938. The third-order valence-corrected chi connectivity index (χ3v) is 5.74. The van der Waals surface area contributed by atoms with E-state index in [1.807, 2.05) is 0 Å². The van der Waals surface area contributed by atoms with Crippen LogP contribution in [0.15, 0.2) is 0 Å². The van der Waals surface area contributed by atoms with E-state index in [1.54, 1.807) is 7.11 Å². The van der Waals surface area contributed by atoms with Crippen molar-refractivity contribution in [1.29, 1.82) is 0 Å². The van der Waals surface area contributed by atoms with Gasteiger partial charge in [-0.3, -0.25) is 4.79 Å². The van der Waals surface area contributed by atoms with E-state index >= 15 is 0 Å². The highest BCUT2D eigenvalue weighted by Gasteiger charge is 2.48. The Morgan fingerprint density at radius 3 is 2.47 bits per heavy atom. The molecule has 3 nitrogen and oxygen atoms in total. The normalized spacial score (nSPS) is 40.0. The summed E-state index contributed by atoms with van der Waals surface area (Å²) >= 11 is 0. The van der Waals surface area contributed by atoms with E-state index < -0.39 is 11.4 Å². The van der Waals surface area contributed by atoms with E-state index in [0.29, 0.717) is 5.92 Å². The zero-order valence-electron chi connectivity index (χ0n) is 12.4. The van der Waals surface area contributed by atoms with Crippen molar-refractivity contribution in [2.24, 2.45) is 17.3 Å². The molecule has 0 spiro atoms. The highest BCUT2D eigenvalue weighted by Crippen LogP contribution is 2.50. The van der Waals surface area contributed by atoms with Crippen molar-refractivity contribution in [2.75, 3.05) is 7.11 Å². The lowest BCUT2D eigenvalue weighted by molar-refractivity contribution is -0.159. The van der Waals surface area contributed by atoms with Gasteiger partial charge in [-0.25, -0.2) is 0 Å². The van der Waals surface area contributed by atoms with Crippen molar-refractivity contribution >= 4 is 5.97 Å². The molecule has 2 fully saturated rings.